The molecule has 0 radical (unpaired) electrons. The molecule has 0 saturated heterocycles. The smallest absolute Gasteiger partial charge is 0.0577 e. The van der Waals surface area contributed by atoms with Gasteiger partial charge in [-0.05, 0) is 124 Å². The second-order valence-electron chi connectivity index (χ2n) is 13.8. The summed E-state index contributed by atoms with van der Waals surface area (Å²) in [6.45, 7) is 15.0. The quantitative estimate of drug-likeness (QED) is 0.235. The average molecular weight is 472 g/mol. The number of aliphatic hydroxyl groups excluding tert-OH is 1. The predicted molar refractivity (Wildman–Crippen MR) is 146 cm³/mol. The largest absolute Gasteiger partial charge is 0.393 e. The summed E-state index contributed by atoms with van der Waals surface area (Å²) in [5.74, 6) is 5.34. The molecule has 2 N–H and O–H groups in total. The van der Waals surface area contributed by atoms with Crippen molar-refractivity contribution in [1.29, 1.82) is 0 Å². The number of fused-ring (bicyclic) bond motifs is 5. The number of hydrogen-bond acceptors (Lipinski definition) is 2. The standard InChI is InChI=1S/C32H57NO/c1-6-7-8-20-33-22-23(2)10-9-11-24(3)28-14-15-29-27-13-12-25-21-26(34)16-18-31(25,4)30(27)17-19-32(28,29)5/h12,23-24,26-30,33-34H,6-11,13-22H2,1-5H3/t23?,24-,26+,27+,28-,29+,30+,31+,32-/m1/s1. The molecule has 2 nitrogen and oxygen atoms in total. The van der Waals surface area contributed by atoms with E-state index in [1.807, 2.05) is 0 Å². The molecule has 0 aromatic carbocycles. The third-order valence-corrected chi connectivity index (χ3v) is 11.6. The zero-order valence-electron chi connectivity index (χ0n) is 23.4. The molecule has 0 aromatic heterocycles. The Morgan fingerprint density at radius 1 is 1.00 bits per heavy atom. The topological polar surface area (TPSA) is 32.3 Å². The number of unbranched alkanes of at least 4 members (excludes halogenated alkanes) is 2. The van der Waals surface area contributed by atoms with Crippen molar-refractivity contribution in [3.8, 4) is 0 Å². The third kappa shape index (κ3) is 5.34. The van der Waals surface area contributed by atoms with Crippen molar-refractivity contribution < 1.29 is 5.11 Å². The van der Waals surface area contributed by atoms with E-state index in [4.69, 9.17) is 0 Å². The van der Waals surface area contributed by atoms with Gasteiger partial charge in [-0.25, -0.2) is 0 Å². The minimum Gasteiger partial charge on any atom is -0.393 e. The van der Waals surface area contributed by atoms with Crippen LogP contribution in [0.25, 0.3) is 0 Å². The first-order chi connectivity index (χ1) is 16.3. The molecule has 0 aromatic rings. The molecule has 196 valence electrons. The van der Waals surface area contributed by atoms with Crippen LogP contribution in [0.2, 0.25) is 0 Å². The van der Waals surface area contributed by atoms with Crippen LogP contribution in [0.1, 0.15) is 125 Å². The van der Waals surface area contributed by atoms with Gasteiger partial charge in [0, 0.05) is 0 Å². The zero-order chi connectivity index (χ0) is 24.3. The molecule has 0 aliphatic heterocycles. The summed E-state index contributed by atoms with van der Waals surface area (Å²) in [4.78, 5) is 0. The lowest BCUT2D eigenvalue weighted by Gasteiger charge is -2.58. The van der Waals surface area contributed by atoms with Crippen LogP contribution in [0.4, 0.5) is 0 Å². The number of hydrogen-bond donors (Lipinski definition) is 2. The lowest BCUT2D eigenvalue weighted by Crippen LogP contribution is -2.50. The van der Waals surface area contributed by atoms with Gasteiger partial charge in [-0.3, -0.25) is 0 Å². The Kier molecular flexibility index (Phi) is 8.93. The van der Waals surface area contributed by atoms with Gasteiger partial charge >= 0.3 is 0 Å². The number of nitrogens with one attached hydrogen (secondary N) is 1. The van der Waals surface area contributed by atoms with Crippen molar-refractivity contribution in [2.24, 2.45) is 46.3 Å². The van der Waals surface area contributed by atoms with E-state index in [0.29, 0.717) is 10.8 Å². The molecule has 1 unspecified atom stereocenters. The summed E-state index contributed by atoms with van der Waals surface area (Å²) in [5.41, 5.74) is 2.57. The molecule has 0 amide bonds. The van der Waals surface area contributed by atoms with Crippen molar-refractivity contribution in [2.45, 2.75) is 131 Å². The first-order valence-corrected chi connectivity index (χ1v) is 15.4. The minimum absolute atomic E-state index is 0.0824. The number of aliphatic hydroxyl groups is 1. The Labute approximate surface area is 212 Å². The normalized spacial score (nSPS) is 41.2. The van der Waals surface area contributed by atoms with Crippen LogP contribution in [0.5, 0.6) is 0 Å². The highest BCUT2D eigenvalue weighted by molar-refractivity contribution is 5.25. The fraction of sp³-hybridized carbons (Fsp3) is 0.938. The van der Waals surface area contributed by atoms with Crippen LogP contribution < -0.4 is 5.32 Å². The van der Waals surface area contributed by atoms with E-state index in [1.165, 1.54) is 90.1 Å². The van der Waals surface area contributed by atoms with E-state index in [0.717, 1.165) is 48.3 Å². The Morgan fingerprint density at radius 3 is 2.62 bits per heavy atom. The lowest BCUT2D eigenvalue weighted by molar-refractivity contribution is -0.0573. The Bertz CT molecular complexity index is 686. The van der Waals surface area contributed by atoms with E-state index in [2.05, 4.69) is 46.0 Å². The summed E-state index contributed by atoms with van der Waals surface area (Å²) < 4.78 is 0. The van der Waals surface area contributed by atoms with Crippen LogP contribution >= 0.6 is 0 Å². The highest BCUT2D eigenvalue weighted by atomic mass is 16.3. The van der Waals surface area contributed by atoms with Gasteiger partial charge in [0.1, 0.15) is 0 Å². The molecule has 4 aliphatic carbocycles. The van der Waals surface area contributed by atoms with Crippen LogP contribution in [0.15, 0.2) is 11.6 Å². The van der Waals surface area contributed by atoms with Gasteiger partial charge in [-0.2, -0.15) is 0 Å². The third-order valence-electron chi connectivity index (χ3n) is 11.6. The second kappa shape index (κ2) is 11.4. The molecule has 3 saturated carbocycles. The van der Waals surface area contributed by atoms with E-state index in [1.54, 1.807) is 5.57 Å². The van der Waals surface area contributed by atoms with Gasteiger partial charge in [0.15, 0.2) is 0 Å². The Balaban J connectivity index is 1.29. The highest BCUT2D eigenvalue weighted by Crippen LogP contribution is 2.67. The summed E-state index contributed by atoms with van der Waals surface area (Å²) in [7, 11) is 0. The Hall–Kier alpha value is -0.340. The summed E-state index contributed by atoms with van der Waals surface area (Å²) in [6, 6.07) is 0. The fourth-order valence-corrected chi connectivity index (χ4v) is 9.56. The Morgan fingerprint density at radius 2 is 1.82 bits per heavy atom. The second-order valence-corrected chi connectivity index (χ2v) is 13.8. The molecule has 9 atom stereocenters. The molecule has 0 heterocycles. The predicted octanol–water partition coefficient (Wildman–Crippen LogP) is 8.15. The van der Waals surface area contributed by atoms with Gasteiger partial charge < -0.3 is 10.4 Å². The van der Waals surface area contributed by atoms with Crippen LogP contribution in [-0.4, -0.2) is 24.3 Å². The molecular weight excluding hydrogens is 414 g/mol. The first kappa shape index (κ1) is 26.7. The molecule has 4 aliphatic rings. The summed E-state index contributed by atoms with van der Waals surface area (Å²) >= 11 is 0. The number of allylic oxidation sites excluding steroid dienone is 1. The van der Waals surface area contributed by atoms with E-state index in [-0.39, 0.29) is 6.10 Å². The van der Waals surface area contributed by atoms with Crippen molar-refractivity contribution in [2.75, 3.05) is 13.1 Å². The molecular formula is C32H57NO. The minimum atomic E-state index is -0.0824. The molecule has 34 heavy (non-hydrogen) atoms. The van der Waals surface area contributed by atoms with Crippen LogP contribution in [0, 0.1) is 46.3 Å². The molecule has 3 fully saturated rings. The van der Waals surface area contributed by atoms with E-state index in [9.17, 15) is 5.11 Å². The van der Waals surface area contributed by atoms with Crippen LogP contribution in [-0.2, 0) is 0 Å². The van der Waals surface area contributed by atoms with Crippen molar-refractivity contribution in [1.82, 2.24) is 5.32 Å². The first-order valence-electron chi connectivity index (χ1n) is 15.4. The van der Waals surface area contributed by atoms with Gasteiger partial charge in [0.2, 0.25) is 0 Å². The van der Waals surface area contributed by atoms with Crippen molar-refractivity contribution >= 4 is 0 Å². The summed E-state index contributed by atoms with van der Waals surface area (Å²) in [5, 5.41) is 14.0. The zero-order valence-corrected chi connectivity index (χ0v) is 23.4. The SMILES string of the molecule is CCCCCNCC(C)CCC[C@@H](C)[C@H]1CC[C@H]2[C@@H]3CC=C4C[C@@H](O)CC[C@]4(C)[C@H]3CC[C@]12C. The summed E-state index contributed by atoms with van der Waals surface area (Å²) in [6.07, 6.45) is 21.1. The maximum absolute atomic E-state index is 10.3. The average Bonchev–Trinajstić information content (AvgIpc) is 3.16. The molecule has 0 bridgehead atoms. The lowest BCUT2D eigenvalue weighted by atomic mass is 9.47. The van der Waals surface area contributed by atoms with Crippen LogP contribution in [0.3, 0.4) is 0 Å². The molecule has 0 spiro atoms. The monoisotopic (exact) mass is 471 g/mol. The maximum Gasteiger partial charge on any atom is 0.0577 e. The van der Waals surface area contributed by atoms with Gasteiger partial charge in [0.05, 0.1) is 6.10 Å². The van der Waals surface area contributed by atoms with Crippen molar-refractivity contribution in [3.63, 3.8) is 0 Å². The maximum atomic E-state index is 10.3. The van der Waals surface area contributed by atoms with Gasteiger partial charge in [0.25, 0.3) is 0 Å². The van der Waals surface area contributed by atoms with Crippen molar-refractivity contribution in [3.05, 3.63) is 11.6 Å². The molecule has 4 rings (SSSR count). The highest BCUT2D eigenvalue weighted by Gasteiger charge is 2.59. The van der Waals surface area contributed by atoms with Gasteiger partial charge in [-0.15, -0.1) is 0 Å². The molecule has 2 heteroatoms. The van der Waals surface area contributed by atoms with E-state index < -0.39 is 0 Å². The van der Waals surface area contributed by atoms with Gasteiger partial charge in [-0.1, -0.05) is 72.0 Å². The number of rotatable bonds is 11. The van der Waals surface area contributed by atoms with E-state index >= 15 is 0 Å². The fourth-order valence-electron chi connectivity index (χ4n) is 9.56.